The van der Waals surface area contributed by atoms with Crippen LogP contribution in [0.1, 0.15) is 48.1 Å². The van der Waals surface area contributed by atoms with Crippen LogP contribution in [0.5, 0.6) is 0 Å². The molecule has 4 N–H and O–H groups in total. The molecule has 0 aliphatic rings. The van der Waals surface area contributed by atoms with Gasteiger partial charge in [0.1, 0.15) is 16.9 Å². The molecule has 43 heavy (non-hydrogen) atoms. The third kappa shape index (κ3) is 7.31. The molecule has 2 aromatic heterocycles. The minimum atomic E-state index is -3.71. The molecule has 2 amide bonds. The summed E-state index contributed by atoms with van der Waals surface area (Å²) in [6.45, 7) is 5.64. The topological polar surface area (TPSA) is 145 Å². The van der Waals surface area contributed by atoms with Crippen LogP contribution in [0.15, 0.2) is 84.9 Å². The van der Waals surface area contributed by atoms with Crippen molar-refractivity contribution < 1.29 is 22.7 Å². The summed E-state index contributed by atoms with van der Waals surface area (Å²) in [5.74, 6) is -0.802. The molecule has 0 aliphatic heterocycles. The number of nitrogens with zero attached hydrogens (tertiary/aromatic N) is 2. The molecule has 0 saturated heterocycles. The first kappa shape index (κ1) is 29.6. The fourth-order valence-electron chi connectivity index (χ4n) is 4.87. The summed E-state index contributed by atoms with van der Waals surface area (Å²) in [4.78, 5) is 29.4. The van der Waals surface area contributed by atoms with E-state index >= 15 is 0 Å². The minimum Gasteiger partial charge on any atom is -0.444 e. The van der Waals surface area contributed by atoms with Crippen LogP contribution in [0.3, 0.4) is 0 Å². The van der Waals surface area contributed by atoms with Crippen LogP contribution in [0.4, 0.5) is 10.5 Å². The fraction of sp³-hybridized carbons (Fsp3) is 0.219. The summed E-state index contributed by atoms with van der Waals surface area (Å²) in [5, 5.41) is 5.10. The summed E-state index contributed by atoms with van der Waals surface area (Å²) in [6, 6.07) is 25.3. The molecule has 222 valence electrons. The number of rotatable bonds is 9. The number of ether oxygens (including phenoxy) is 1. The van der Waals surface area contributed by atoms with E-state index in [0.717, 1.165) is 16.3 Å². The second-order valence-electron chi connectivity index (χ2n) is 11.3. The molecule has 3 aromatic carbocycles. The van der Waals surface area contributed by atoms with Crippen molar-refractivity contribution >= 4 is 49.5 Å². The highest BCUT2D eigenvalue weighted by Crippen LogP contribution is 2.28. The van der Waals surface area contributed by atoms with Crippen LogP contribution in [-0.2, 0) is 33.6 Å². The van der Waals surface area contributed by atoms with Gasteiger partial charge in [-0.25, -0.2) is 18.2 Å². The number of nitrogens with one attached hydrogen (secondary N) is 2. The summed E-state index contributed by atoms with van der Waals surface area (Å²) < 4.78 is 35.8. The van der Waals surface area contributed by atoms with Gasteiger partial charge in [-0.3, -0.25) is 9.52 Å². The third-order valence-electron chi connectivity index (χ3n) is 6.62. The van der Waals surface area contributed by atoms with E-state index in [1.54, 1.807) is 73.9 Å². The SMILES string of the molecule is CC(C)(C)OC(=O)NCc1ccc2cc(C(N)=O)n(Cc3cc(NS(=O)(=O)Cc4ccccc4)cc4ccccc34)c2n1. The number of primary amides is 1. The second-order valence-corrected chi connectivity index (χ2v) is 13.0. The molecule has 0 atom stereocenters. The Morgan fingerprint density at radius 2 is 1.65 bits per heavy atom. The predicted octanol–water partition coefficient (Wildman–Crippen LogP) is 5.30. The quantitative estimate of drug-likeness (QED) is 0.210. The average Bonchev–Trinajstić information content (AvgIpc) is 3.29. The van der Waals surface area contributed by atoms with Crippen molar-refractivity contribution in [2.75, 3.05) is 4.72 Å². The zero-order valence-electron chi connectivity index (χ0n) is 24.1. The molecule has 0 aliphatic carbocycles. The van der Waals surface area contributed by atoms with E-state index in [1.807, 2.05) is 36.4 Å². The number of fused-ring (bicyclic) bond motifs is 2. The van der Waals surface area contributed by atoms with Crippen molar-refractivity contribution in [3.05, 3.63) is 107 Å². The Hall–Kier alpha value is -4.90. The van der Waals surface area contributed by atoms with E-state index in [0.29, 0.717) is 28.0 Å². The van der Waals surface area contributed by atoms with Crippen molar-refractivity contribution in [1.29, 1.82) is 0 Å². The highest BCUT2D eigenvalue weighted by molar-refractivity contribution is 7.91. The molecule has 0 radical (unpaired) electrons. The van der Waals surface area contributed by atoms with Crippen LogP contribution in [0, 0.1) is 0 Å². The molecule has 5 aromatic rings. The first-order valence-corrected chi connectivity index (χ1v) is 15.3. The van der Waals surface area contributed by atoms with Gasteiger partial charge in [-0.05, 0) is 73.0 Å². The molecule has 0 fully saturated rings. The summed E-state index contributed by atoms with van der Waals surface area (Å²) in [7, 11) is -3.71. The number of benzene rings is 3. The number of carbonyl (C=O) groups is 2. The van der Waals surface area contributed by atoms with Gasteiger partial charge in [0.25, 0.3) is 5.91 Å². The largest absolute Gasteiger partial charge is 0.444 e. The van der Waals surface area contributed by atoms with E-state index in [2.05, 4.69) is 10.0 Å². The standard InChI is InChI=1S/C32H33N5O5S/c1-32(2,3)42-31(39)34-18-25-14-13-23-17-28(29(33)38)37(30(23)35-25)19-24-16-26(15-22-11-7-8-12-27(22)24)36-43(40,41)20-21-9-5-4-6-10-21/h4-17,36H,18-20H2,1-3H3,(H2,33,38)(H,34,39). The Kier molecular flexibility index (Phi) is 8.10. The van der Waals surface area contributed by atoms with Gasteiger partial charge in [-0.1, -0.05) is 54.6 Å². The lowest BCUT2D eigenvalue weighted by molar-refractivity contribution is 0.0522. The van der Waals surface area contributed by atoms with Crippen molar-refractivity contribution in [1.82, 2.24) is 14.9 Å². The highest BCUT2D eigenvalue weighted by atomic mass is 32.2. The van der Waals surface area contributed by atoms with Crippen molar-refractivity contribution in [3.8, 4) is 0 Å². The van der Waals surface area contributed by atoms with E-state index < -0.39 is 27.6 Å². The number of amides is 2. The second kappa shape index (κ2) is 11.8. The normalized spacial score (nSPS) is 11.9. The van der Waals surface area contributed by atoms with Crippen molar-refractivity contribution in [3.63, 3.8) is 0 Å². The number of nitrogens with two attached hydrogens (primary N) is 1. The number of carbonyl (C=O) groups excluding carboxylic acids is 2. The van der Waals surface area contributed by atoms with E-state index in [4.69, 9.17) is 15.5 Å². The molecule has 10 nitrogen and oxygen atoms in total. The Morgan fingerprint density at radius 1 is 0.930 bits per heavy atom. The predicted molar refractivity (Wildman–Crippen MR) is 167 cm³/mol. The summed E-state index contributed by atoms with van der Waals surface area (Å²) >= 11 is 0. The van der Waals surface area contributed by atoms with Gasteiger partial charge in [-0.15, -0.1) is 0 Å². The van der Waals surface area contributed by atoms with Crippen LogP contribution in [0.25, 0.3) is 21.8 Å². The summed E-state index contributed by atoms with van der Waals surface area (Å²) in [6.07, 6.45) is -0.569. The van der Waals surface area contributed by atoms with E-state index in [9.17, 15) is 18.0 Å². The van der Waals surface area contributed by atoms with Gasteiger partial charge in [0.2, 0.25) is 10.0 Å². The Bertz CT molecular complexity index is 1930. The zero-order valence-corrected chi connectivity index (χ0v) is 24.9. The number of hydrogen-bond donors (Lipinski definition) is 3. The first-order valence-electron chi connectivity index (χ1n) is 13.7. The molecule has 0 saturated carbocycles. The molecule has 0 spiro atoms. The Labute approximate surface area is 249 Å². The zero-order chi connectivity index (χ0) is 30.8. The first-order chi connectivity index (χ1) is 20.4. The summed E-state index contributed by atoms with van der Waals surface area (Å²) in [5.41, 5.74) is 8.27. The van der Waals surface area contributed by atoms with Crippen LogP contribution >= 0.6 is 0 Å². The molecule has 0 unspecified atom stereocenters. The smallest absolute Gasteiger partial charge is 0.407 e. The van der Waals surface area contributed by atoms with Gasteiger partial charge >= 0.3 is 6.09 Å². The number of anilines is 1. The van der Waals surface area contributed by atoms with Crippen LogP contribution in [-0.4, -0.2) is 35.6 Å². The van der Waals surface area contributed by atoms with E-state index in [1.165, 1.54) is 0 Å². The number of sulfonamides is 1. The number of alkyl carbamates (subject to hydrolysis) is 1. The number of hydrogen-bond acceptors (Lipinski definition) is 6. The maximum Gasteiger partial charge on any atom is 0.407 e. The molecule has 0 bridgehead atoms. The van der Waals surface area contributed by atoms with Gasteiger partial charge in [-0.2, -0.15) is 0 Å². The average molecular weight is 600 g/mol. The third-order valence-corrected chi connectivity index (χ3v) is 7.88. The lowest BCUT2D eigenvalue weighted by Gasteiger charge is -2.19. The van der Waals surface area contributed by atoms with Crippen molar-refractivity contribution in [2.24, 2.45) is 5.73 Å². The fourth-order valence-corrected chi connectivity index (χ4v) is 6.05. The van der Waals surface area contributed by atoms with Crippen LogP contribution in [0.2, 0.25) is 0 Å². The Morgan fingerprint density at radius 3 is 2.37 bits per heavy atom. The number of aromatic nitrogens is 2. The minimum absolute atomic E-state index is 0.115. The highest BCUT2D eigenvalue weighted by Gasteiger charge is 2.19. The molecule has 5 rings (SSSR count). The lowest BCUT2D eigenvalue weighted by Crippen LogP contribution is -2.32. The maximum absolute atomic E-state index is 13.0. The molecule has 2 heterocycles. The van der Waals surface area contributed by atoms with Crippen LogP contribution < -0.4 is 15.8 Å². The lowest BCUT2D eigenvalue weighted by atomic mass is 10.0. The molecule has 11 heteroatoms. The number of pyridine rings is 1. The Balaban J connectivity index is 1.50. The maximum atomic E-state index is 13.0. The van der Waals surface area contributed by atoms with Crippen molar-refractivity contribution in [2.45, 2.75) is 45.2 Å². The molecular formula is C32H33N5O5S. The van der Waals surface area contributed by atoms with Gasteiger partial charge in [0.15, 0.2) is 0 Å². The van der Waals surface area contributed by atoms with Gasteiger partial charge < -0.3 is 20.4 Å². The molecular weight excluding hydrogens is 566 g/mol. The van der Waals surface area contributed by atoms with E-state index in [-0.39, 0.29) is 24.5 Å². The monoisotopic (exact) mass is 599 g/mol. The van der Waals surface area contributed by atoms with Gasteiger partial charge in [0.05, 0.1) is 24.5 Å². The van der Waals surface area contributed by atoms with Gasteiger partial charge in [0, 0.05) is 11.1 Å².